The quantitative estimate of drug-likeness (QED) is 0.715. The predicted octanol–water partition coefficient (Wildman–Crippen LogP) is 3.55. The summed E-state index contributed by atoms with van der Waals surface area (Å²) in [6, 6.07) is 14.6. The molecule has 136 valence electrons. The van der Waals surface area contributed by atoms with Crippen LogP contribution in [0.15, 0.2) is 48.5 Å². The molecule has 6 nitrogen and oxygen atoms in total. The van der Waals surface area contributed by atoms with Crippen LogP contribution in [0.25, 0.3) is 11.0 Å². The van der Waals surface area contributed by atoms with E-state index in [9.17, 15) is 9.59 Å². The number of hydrogen-bond acceptors (Lipinski definition) is 4. The highest BCUT2D eigenvalue weighted by Crippen LogP contribution is 2.56. The number of fused-ring (bicyclic) bond motifs is 4. The fourth-order valence-electron chi connectivity index (χ4n) is 4.00. The fourth-order valence-corrected chi connectivity index (χ4v) is 5.59. The van der Waals surface area contributed by atoms with Crippen LogP contribution in [0, 0.1) is 0 Å². The Hall–Kier alpha value is -2.80. The highest BCUT2D eigenvalue weighted by molar-refractivity contribution is 8.01. The molecule has 3 heterocycles. The smallest absolute Gasteiger partial charge is 0.256 e. The molecule has 0 saturated carbocycles. The highest BCUT2D eigenvalue weighted by atomic mass is 32.2. The van der Waals surface area contributed by atoms with Gasteiger partial charge in [-0.05, 0) is 37.6 Å². The first kappa shape index (κ1) is 16.4. The summed E-state index contributed by atoms with van der Waals surface area (Å²) >= 11 is 1.65. The molecule has 2 aromatic carbocycles. The molecular formula is C20H18N4O2S. The van der Waals surface area contributed by atoms with Crippen molar-refractivity contribution in [3.05, 3.63) is 59.7 Å². The molecule has 2 aliphatic heterocycles. The third-order valence-corrected chi connectivity index (χ3v) is 6.71. The summed E-state index contributed by atoms with van der Waals surface area (Å²) in [4.78, 5) is 35.4. The molecule has 0 radical (unpaired) electrons. The van der Waals surface area contributed by atoms with Gasteiger partial charge in [-0.15, -0.1) is 11.8 Å². The maximum atomic E-state index is 13.2. The monoisotopic (exact) mass is 378 g/mol. The number of aromatic amines is 1. The first-order valence-electron chi connectivity index (χ1n) is 8.81. The largest absolute Gasteiger partial charge is 0.324 e. The topological polar surface area (TPSA) is 78.1 Å². The molecule has 3 aromatic rings. The normalized spacial score (nSPS) is 22.7. The van der Waals surface area contributed by atoms with Gasteiger partial charge in [-0.3, -0.25) is 14.9 Å². The fraction of sp³-hybridized carbons (Fsp3) is 0.250. The zero-order chi connectivity index (χ0) is 18.8. The highest BCUT2D eigenvalue weighted by Gasteiger charge is 2.57. The van der Waals surface area contributed by atoms with Crippen LogP contribution in [0.4, 0.5) is 5.95 Å². The summed E-state index contributed by atoms with van der Waals surface area (Å²) in [6.45, 7) is 4.02. The average molecular weight is 378 g/mol. The summed E-state index contributed by atoms with van der Waals surface area (Å²) in [6.07, 6.45) is 0. The lowest BCUT2D eigenvalue weighted by molar-refractivity contribution is -0.121. The minimum atomic E-state index is -0.583. The first-order chi connectivity index (χ1) is 13.0. The number of anilines is 1. The lowest BCUT2D eigenvalue weighted by Crippen LogP contribution is -2.50. The second-order valence-corrected chi connectivity index (χ2v) is 9.10. The van der Waals surface area contributed by atoms with Gasteiger partial charge in [0, 0.05) is 10.3 Å². The zero-order valence-electron chi connectivity index (χ0n) is 14.9. The number of thioether (sulfide) groups is 1. The number of imidazole rings is 1. The van der Waals surface area contributed by atoms with Crippen molar-refractivity contribution in [3.63, 3.8) is 0 Å². The van der Waals surface area contributed by atoms with Crippen molar-refractivity contribution < 1.29 is 9.59 Å². The number of carbonyl (C=O) groups is 2. The average Bonchev–Trinajstić information content (AvgIpc) is 3.25. The number of nitrogens with one attached hydrogen (secondary N) is 2. The van der Waals surface area contributed by atoms with Gasteiger partial charge in [0.2, 0.25) is 5.95 Å². The van der Waals surface area contributed by atoms with Gasteiger partial charge in [0.05, 0.1) is 11.0 Å². The molecular weight excluding hydrogens is 360 g/mol. The Morgan fingerprint density at radius 2 is 1.93 bits per heavy atom. The number of carbonyl (C=O) groups excluding carboxylic acids is 2. The molecule has 2 atom stereocenters. The Kier molecular flexibility index (Phi) is 3.40. The van der Waals surface area contributed by atoms with Crippen molar-refractivity contribution in [3.8, 4) is 0 Å². The summed E-state index contributed by atoms with van der Waals surface area (Å²) in [5, 5.41) is 2.75. The molecule has 5 rings (SSSR count). The molecule has 27 heavy (non-hydrogen) atoms. The van der Waals surface area contributed by atoms with Gasteiger partial charge in [0.1, 0.15) is 11.4 Å². The molecule has 0 bridgehead atoms. The molecule has 7 heteroatoms. The van der Waals surface area contributed by atoms with Crippen molar-refractivity contribution in [2.24, 2.45) is 0 Å². The molecule has 0 spiro atoms. The Balaban J connectivity index is 1.48. The van der Waals surface area contributed by atoms with Crippen LogP contribution < -0.4 is 5.32 Å². The minimum Gasteiger partial charge on any atom is -0.324 e. The number of amides is 2. The molecule has 2 aliphatic rings. The standard InChI is InChI=1S/C20H18N4O2S/c1-20(2)15(16(25)23-19-21-13-9-5-6-10-14(13)22-19)24-17(26)11-7-3-4-8-12(11)18(24)27-20/h3-10,15,18H,1-2H3,(H2,21,22,23,25)/t15-,18?/m1/s1. The number of aromatic nitrogens is 2. The Bertz CT molecular complexity index is 1060. The van der Waals surface area contributed by atoms with E-state index >= 15 is 0 Å². The van der Waals surface area contributed by atoms with E-state index in [0.717, 1.165) is 16.6 Å². The SMILES string of the molecule is CC1(C)SC2c3ccccc3C(=O)N2[C@@H]1C(=O)Nc1nc2ccccc2[nH]1. The van der Waals surface area contributed by atoms with Crippen molar-refractivity contribution >= 4 is 40.6 Å². The van der Waals surface area contributed by atoms with E-state index in [1.54, 1.807) is 16.7 Å². The first-order valence-corrected chi connectivity index (χ1v) is 9.69. The van der Waals surface area contributed by atoms with Crippen molar-refractivity contribution in [2.75, 3.05) is 5.32 Å². The lowest BCUT2D eigenvalue weighted by Gasteiger charge is -2.29. The van der Waals surface area contributed by atoms with Gasteiger partial charge in [-0.25, -0.2) is 4.98 Å². The predicted molar refractivity (Wildman–Crippen MR) is 106 cm³/mol. The van der Waals surface area contributed by atoms with Crippen LogP contribution in [0.1, 0.15) is 35.1 Å². The van der Waals surface area contributed by atoms with Gasteiger partial charge < -0.3 is 9.88 Å². The van der Waals surface area contributed by atoms with Gasteiger partial charge in [-0.1, -0.05) is 30.3 Å². The number of hydrogen-bond donors (Lipinski definition) is 2. The molecule has 1 unspecified atom stereocenters. The van der Waals surface area contributed by atoms with Crippen LogP contribution in [0.3, 0.4) is 0 Å². The lowest BCUT2D eigenvalue weighted by atomic mass is 10.0. The summed E-state index contributed by atoms with van der Waals surface area (Å²) in [5.41, 5.74) is 3.32. The minimum absolute atomic E-state index is 0.0848. The van der Waals surface area contributed by atoms with Crippen LogP contribution in [-0.2, 0) is 4.79 Å². The van der Waals surface area contributed by atoms with Crippen LogP contribution in [0.2, 0.25) is 0 Å². The maximum Gasteiger partial charge on any atom is 0.256 e. The Labute approximate surface area is 160 Å². The number of H-pyrrole nitrogens is 1. The van der Waals surface area contributed by atoms with E-state index in [1.165, 1.54) is 0 Å². The molecule has 1 aromatic heterocycles. The number of rotatable bonds is 2. The van der Waals surface area contributed by atoms with E-state index < -0.39 is 10.8 Å². The van der Waals surface area contributed by atoms with E-state index in [1.807, 2.05) is 62.4 Å². The summed E-state index contributed by atoms with van der Waals surface area (Å²) in [5.74, 6) is 0.0863. The van der Waals surface area contributed by atoms with Crippen molar-refractivity contribution in [1.82, 2.24) is 14.9 Å². The second kappa shape index (κ2) is 5.60. The Morgan fingerprint density at radius 3 is 2.74 bits per heavy atom. The van der Waals surface area contributed by atoms with E-state index in [-0.39, 0.29) is 17.2 Å². The third-order valence-electron chi connectivity index (χ3n) is 5.18. The van der Waals surface area contributed by atoms with Crippen molar-refractivity contribution in [1.29, 1.82) is 0 Å². The summed E-state index contributed by atoms with van der Waals surface area (Å²) in [7, 11) is 0. The van der Waals surface area contributed by atoms with Gasteiger partial charge in [0.25, 0.3) is 11.8 Å². The Morgan fingerprint density at radius 1 is 1.19 bits per heavy atom. The van der Waals surface area contributed by atoms with Crippen LogP contribution in [-0.4, -0.2) is 37.5 Å². The van der Waals surface area contributed by atoms with Crippen LogP contribution in [0.5, 0.6) is 0 Å². The van der Waals surface area contributed by atoms with E-state index in [2.05, 4.69) is 15.3 Å². The van der Waals surface area contributed by atoms with Gasteiger partial charge in [0.15, 0.2) is 0 Å². The number of benzene rings is 2. The maximum absolute atomic E-state index is 13.2. The molecule has 2 amide bonds. The van der Waals surface area contributed by atoms with Gasteiger partial charge in [-0.2, -0.15) is 0 Å². The molecule has 2 N–H and O–H groups in total. The van der Waals surface area contributed by atoms with Crippen LogP contribution >= 0.6 is 11.8 Å². The number of para-hydroxylation sites is 2. The zero-order valence-corrected chi connectivity index (χ0v) is 15.7. The van der Waals surface area contributed by atoms with E-state index in [0.29, 0.717) is 11.5 Å². The molecule has 0 aliphatic carbocycles. The molecule has 1 fully saturated rings. The molecule has 1 saturated heterocycles. The van der Waals surface area contributed by atoms with Gasteiger partial charge >= 0.3 is 0 Å². The summed E-state index contributed by atoms with van der Waals surface area (Å²) < 4.78 is -0.413. The second-order valence-electron chi connectivity index (χ2n) is 7.37. The third kappa shape index (κ3) is 2.38. The number of nitrogens with zero attached hydrogens (tertiary/aromatic N) is 2. The van der Waals surface area contributed by atoms with E-state index in [4.69, 9.17) is 0 Å². The van der Waals surface area contributed by atoms with Crippen molar-refractivity contribution in [2.45, 2.75) is 30.0 Å².